The second-order valence-corrected chi connectivity index (χ2v) is 11.2. The first kappa shape index (κ1) is 27.9. The van der Waals surface area contributed by atoms with Gasteiger partial charge in [0.05, 0.1) is 11.1 Å². The van der Waals surface area contributed by atoms with E-state index < -0.39 is 17.8 Å². The topological polar surface area (TPSA) is 9.23 Å². The summed E-state index contributed by atoms with van der Waals surface area (Å²) in [6.07, 6.45) is 7.40. The van der Waals surface area contributed by atoms with E-state index in [0.29, 0.717) is 5.92 Å². The van der Waals surface area contributed by atoms with Crippen molar-refractivity contribution in [3.8, 4) is 5.75 Å². The molecule has 0 atom stereocenters. The Morgan fingerprint density at radius 1 is 0.676 bits per heavy atom. The zero-order chi connectivity index (χ0) is 26.5. The molecule has 2 fully saturated rings. The third-order valence-corrected chi connectivity index (χ3v) is 8.69. The summed E-state index contributed by atoms with van der Waals surface area (Å²) in [5.74, 6) is 2.66. The second kappa shape index (κ2) is 12.2. The van der Waals surface area contributed by atoms with Crippen LogP contribution < -0.4 is 4.74 Å². The molecule has 0 aliphatic heterocycles. The number of hydrogen-bond donors (Lipinski definition) is 0. The Balaban J connectivity index is 1.26. The van der Waals surface area contributed by atoms with Gasteiger partial charge in [-0.1, -0.05) is 57.6 Å². The molecular weight excluding hydrogens is 483 g/mol. The zero-order valence-corrected chi connectivity index (χ0v) is 21.7. The molecule has 6 heteroatoms. The van der Waals surface area contributed by atoms with E-state index in [4.69, 9.17) is 4.74 Å². The molecule has 37 heavy (non-hydrogen) atoms. The maximum atomic E-state index is 14.7. The molecule has 4 rings (SSSR count). The van der Waals surface area contributed by atoms with Crippen molar-refractivity contribution in [3.63, 3.8) is 0 Å². The Kier molecular flexibility index (Phi) is 9.18. The summed E-state index contributed by atoms with van der Waals surface area (Å²) in [5.41, 5.74) is -0.134. The van der Waals surface area contributed by atoms with Crippen LogP contribution in [0.15, 0.2) is 48.5 Å². The predicted molar refractivity (Wildman–Crippen MR) is 137 cm³/mol. The fraction of sp³-hybridized carbons (Fsp3) is 0.613. The quantitative estimate of drug-likeness (QED) is 0.235. The summed E-state index contributed by atoms with van der Waals surface area (Å²) in [6, 6.07) is 9.59. The number of alkyl halides is 5. The highest BCUT2D eigenvalue weighted by Crippen LogP contribution is 2.45. The molecule has 0 heterocycles. The second-order valence-electron chi connectivity index (χ2n) is 11.2. The fourth-order valence-electron chi connectivity index (χ4n) is 6.42. The average molecular weight is 523 g/mol. The summed E-state index contributed by atoms with van der Waals surface area (Å²) in [5, 5.41) is 0. The highest BCUT2D eigenvalue weighted by Gasteiger charge is 2.36. The molecule has 0 unspecified atom stereocenters. The van der Waals surface area contributed by atoms with E-state index in [2.05, 4.69) is 6.92 Å². The molecule has 2 aliphatic carbocycles. The van der Waals surface area contributed by atoms with Gasteiger partial charge in [-0.2, -0.15) is 22.0 Å². The first-order valence-electron chi connectivity index (χ1n) is 14.0. The van der Waals surface area contributed by atoms with Gasteiger partial charge >= 0.3 is 12.3 Å². The molecule has 2 saturated carbocycles. The normalized spacial score (nSPS) is 25.1. The van der Waals surface area contributed by atoms with E-state index in [1.54, 1.807) is 12.1 Å². The van der Waals surface area contributed by atoms with Crippen molar-refractivity contribution >= 4 is 0 Å². The van der Waals surface area contributed by atoms with Crippen LogP contribution in [0.5, 0.6) is 5.75 Å². The molecule has 0 spiro atoms. The molecule has 0 saturated heterocycles. The van der Waals surface area contributed by atoms with Crippen molar-refractivity contribution in [2.24, 2.45) is 17.8 Å². The van der Waals surface area contributed by atoms with Gasteiger partial charge in [-0.25, -0.2) is 0 Å². The standard InChI is InChI=1S/C31H39F5O/c1-2-3-4-5-22-6-8-23(9-7-22)24-10-12-25(13-11-24)26-14-16-28(17-15-26)31(35,36)37-29-20-18-27(19-21-29)30(32,33)34/h14-25H,2-13H2,1H3/t22-,23-,24-,25-. The molecular formula is C31H39F5O. The first-order valence-corrected chi connectivity index (χ1v) is 14.0. The number of hydrogen-bond acceptors (Lipinski definition) is 1. The summed E-state index contributed by atoms with van der Waals surface area (Å²) >= 11 is 0. The highest BCUT2D eigenvalue weighted by atomic mass is 19.4. The fourth-order valence-corrected chi connectivity index (χ4v) is 6.42. The van der Waals surface area contributed by atoms with Gasteiger partial charge in [0.2, 0.25) is 0 Å². The van der Waals surface area contributed by atoms with Gasteiger partial charge in [-0.05, 0) is 104 Å². The van der Waals surface area contributed by atoms with Gasteiger partial charge in [-0.15, -0.1) is 0 Å². The lowest BCUT2D eigenvalue weighted by Gasteiger charge is -2.38. The Labute approximate surface area is 217 Å². The number of benzene rings is 2. The first-order chi connectivity index (χ1) is 17.7. The smallest absolute Gasteiger partial charge is 0.426 e. The molecule has 0 N–H and O–H groups in total. The van der Waals surface area contributed by atoms with Crippen molar-refractivity contribution < 1.29 is 26.7 Å². The summed E-state index contributed by atoms with van der Waals surface area (Å²) in [4.78, 5) is 0. The van der Waals surface area contributed by atoms with Crippen molar-refractivity contribution in [1.82, 2.24) is 0 Å². The molecule has 204 valence electrons. The van der Waals surface area contributed by atoms with Crippen LogP contribution in [0.4, 0.5) is 22.0 Å². The SMILES string of the molecule is CCCCC[C@H]1CC[C@H]([C@H]2CC[C@H](c3ccc(C(F)(F)Oc4ccc(C(F)(F)F)cc4)cc3)CC2)CC1. The van der Waals surface area contributed by atoms with E-state index >= 15 is 0 Å². The molecule has 0 aromatic heterocycles. The summed E-state index contributed by atoms with van der Waals surface area (Å²) in [7, 11) is 0. The lowest BCUT2D eigenvalue weighted by Crippen LogP contribution is -2.25. The Morgan fingerprint density at radius 3 is 1.76 bits per heavy atom. The van der Waals surface area contributed by atoms with Crippen molar-refractivity contribution in [1.29, 1.82) is 0 Å². The van der Waals surface area contributed by atoms with Gasteiger partial charge in [0.15, 0.2) is 0 Å². The van der Waals surface area contributed by atoms with Crippen molar-refractivity contribution in [3.05, 3.63) is 65.2 Å². The van der Waals surface area contributed by atoms with E-state index in [0.717, 1.165) is 60.4 Å². The lowest BCUT2D eigenvalue weighted by molar-refractivity contribution is -0.185. The minimum atomic E-state index is -4.52. The van der Waals surface area contributed by atoms with E-state index in [1.807, 2.05) is 0 Å². The van der Waals surface area contributed by atoms with Crippen LogP contribution >= 0.6 is 0 Å². The predicted octanol–water partition coefficient (Wildman–Crippen LogP) is 10.5. The number of ether oxygens (including phenoxy) is 1. The van der Waals surface area contributed by atoms with E-state index in [1.165, 1.54) is 76.3 Å². The molecule has 2 aromatic carbocycles. The van der Waals surface area contributed by atoms with Crippen LogP contribution in [0.3, 0.4) is 0 Å². The van der Waals surface area contributed by atoms with Crippen LogP contribution in [0.1, 0.15) is 107 Å². The van der Waals surface area contributed by atoms with Crippen LogP contribution in [0.25, 0.3) is 0 Å². The van der Waals surface area contributed by atoms with E-state index in [-0.39, 0.29) is 11.3 Å². The maximum Gasteiger partial charge on any atom is 0.426 e. The Bertz CT molecular complexity index is 951. The van der Waals surface area contributed by atoms with Crippen LogP contribution in [-0.4, -0.2) is 0 Å². The zero-order valence-electron chi connectivity index (χ0n) is 21.7. The minimum absolute atomic E-state index is 0.305. The minimum Gasteiger partial charge on any atom is -0.429 e. The van der Waals surface area contributed by atoms with Crippen LogP contribution in [0, 0.1) is 17.8 Å². The molecule has 0 radical (unpaired) electrons. The maximum absolute atomic E-state index is 14.7. The van der Waals surface area contributed by atoms with Gasteiger partial charge < -0.3 is 4.74 Å². The van der Waals surface area contributed by atoms with Gasteiger partial charge in [-0.3, -0.25) is 0 Å². The number of unbranched alkanes of at least 4 members (excludes halogenated alkanes) is 2. The lowest BCUT2D eigenvalue weighted by atomic mass is 9.68. The largest absolute Gasteiger partial charge is 0.429 e. The molecule has 0 amide bonds. The number of rotatable bonds is 9. The van der Waals surface area contributed by atoms with Crippen molar-refractivity contribution in [2.75, 3.05) is 0 Å². The van der Waals surface area contributed by atoms with Crippen molar-refractivity contribution in [2.45, 2.75) is 102 Å². The van der Waals surface area contributed by atoms with Crippen LogP contribution in [0.2, 0.25) is 0 Å². The average Bonchev–Trinajstić information content (AvgIpc) is 2.89. The van der Waals surface area contributed by atoms with Gasteiger partial charge in [0.25, 0.3) is 0 Å². The number of halogens is 5. The Hall–Kier alpha value is -2.11. The summed E-state index contributed by atoms with van der Waals surface area (Å²) < 4.78 is 72.2. The molecule has 2 aliphatic rings. The molecule has 1 nitrogen and oxygen atoms in total. The third kappa shape index (κ3) is 7.48. The monoisotopic (exact) mass is 522 g/mol. The van der Waals surface area contributed by atoms with Gasteiger partial charge in [0, 0.05) is 0 Å². The third-order valence-electron chi connectivity index (χ3n) is 8.69. The van der Waals surface area contributed by atoms with E-state index in [9.17, 15) is 22.0 Å². The van der Waals surface area contributed by atoms with Gasteiger partial charge in [0.1, 0.15) is 5.75 Å². The Morgan fingerprint density at radius 2 is 1.22 bits per heavy atom. The molecule has 2 aromatic rings. The van der Waals surface area contributed by atoms with Crippen LogP contribution in [-0.2, 0) is 12.3 Å². The highest BCUT2D eigenvalue weighted by molar-refractivity contribution is 5.31. The molecule has 0 bridgehead atoms. The summed E-state index contributed by atoms with van der Waals surface area (Å²) in [6.45, 7) is 2.26.